The van der Waals surface area contributed by atoms with E-state index in [0.717, 1.165) is 12.1 Å². The van der Waals surface area contributed by atoms with Gasteiger partial charge in [-0.05, 0) is 12.1 Å². The van der Waals surface area contributed by atoms with Crippen LogP contribution in [-0.4, -0.2) is 40.1 Å². The highest BCUT2D eigenvalue weighted by Crippen LogP contribution is 2.35. The second kappa shape index (κ2) is 6.35. The maximum Gasteiger partial charge on any atom is 0.417 e. The molecular weight excluding hydrogens is 323 g/mol. The summed E-state index contributed by atoms with van der Waals surface area (Å²) >= 11 is 0. The van der Waals surface area contributed by atoms with Gasteiger partial charge in [0.2, 0.25) is 0 Å². The minimum absolute atomic E-state index is 0.0116. The number of carbonyl (C=O) groups excluding carboxylic acids is 2. The summed E-state index contributed by atoms with van der Waals surface area (Å²) in [4.78, 5) is 34.0. The Morgan fingerprint density at radius 2 is 2.12 bits per heavy atom. The summed E-state index contributed by atoms with van der Waals surface area (Å²) in [6.45, 7) is 0. The second-order valence-electron chi connectivity index (χ2n) is 5.43. The number of aliphatic hydroxyl groups is 1. The van der Waals surface area contributed by atoms with Gasteiger partial charge in [-0.2, -0.15) is 5.26 Å². The van der Waals surface area contributed by atoms with E-state index in [9.17, 15) is 23.9 Å². The van der Waals surface area contributed by atoms with Crippen molar-refractivity contribution >= 4 is 17.7 Å². The van der Waals surface area contributed by atoms with Crippen LogP contribution in [0.4, 0.5) is 4.39 Å². The van der Waals surface area contributed by atoms with Crippen LogP contribution in [0.1, 0.15) is 24.0 Å². The number of esters is 1. The maximum atomic E-state index is 14.2. The molecule has 0 saturated heterocycles. The first-order valence-corrected chi connectivity index (χ1v) is 6.84. The molecule has 0 bridgehead atoms. The largest absolute Gasteiger partial charge is 0.473 e. The Morgan fingerprint density at radius 3 is 2.67 bits per heavy atom. The van der Waals surface area contributed by atoms with Crippen LogP contribution in [0.25, 0.3) is 0 Å². The molecule has 4 N–H and O–H groups in total. The van der Waals surface area contributed by atoms with Crippen molar-refractivity contribution in [2.75, 3.05) is 0 Å². The first-order valence-electron chi connectivity index (χ1n) is 6.84. The van der Waals surface area contributed by atoms with Gasteiger partial charge in [0, 0.05) is 18.4 Å². The zero-order valence-electron chi connectivity index (χ0n) is 12.2. The Balaban J connectivity index is 2.38. The Morgan fingerprint density at radius 1 is 1.46 bits per heavy atom. The van der Waals surface area contributed by atoms with E-state index in [1.807, 2.05) is 0 Å². The van der Waals surface area contributed by atoms with E-state index in [-0.39, 0.29) is 17.5 Å². The molecule has 8 nitrogen and oxygen atoms in total. The number of ether oxygens (including phenoxy) is 1. The number of carboxylic acids is 1. The first kappa shape index (κ1) is 17.5. The van der Waals surface area contributed by atoms with Crippen molar-refractivity contribution in [1.29, 1.82) is 5.26 Å². The van der Waals surface area contributed by atoms with Crippen LogP contribution in [0.2, 0.25) is 0 Å². The van der Waals surface area contributed by atoms with Crippen molar-refractivity contribution in [1.82, 2.24) is 0 Å². The van der Waals surface area contributed by atoms with Gasteiger partial charge < -0.3 is 20.7 Å². The molecule has 1 aromatic carbocycles. The molecule has 1 aliphatic rings. The number of carboxylic acid groups (broad SMARTS) is 1. The fraction of sp³-hybridized carbons (Fsp3) is 0.333. The lowest BCUT2D eigenvalue weighted by Gasteiger charge is -2.38. The van der Waals surface area contributed by atoms with Crippen LogP contribution in [-0.2, 0) is 24.7 Å². The Hall–Kier alpha value is -2.83. The van der Waals surface area contributed by atoms with Gasteiger partial charge in [-0.15, -0.1) is 0 Å². The van der Waals surface area contributed by atoms with Gasteiger partial charge >= 0.3 is 11.9 Å². The minimum Gasteiger partial charge on any atom is -0.473 e. The molecule has 2 rings (SSSR count). The normalized spacial score (nSPS) is 26.5. The monoisotopic (exact) mass is 336 g/mol. The lowest BCUT2D eigenvalue weighted by atomic mass is 9.73. The van der Waals surface area contributed by atoms with Crippen molar-refractivity contribution in [2.45, 2.75) is 30.6 Å². The summed E-state index contributed by atoms with van der Waals surface area (Å²) in [5, 5.41) is 27.1. The predicted octanol–water partition coefficient (Wildman–Crippen LogP) is -0.428. The van der Waals surface area contributed by atoms with Crippen molar-refractivity contribution in [3.63, 3.8) is 0 Å². The molecule has 1 saturated carbocycles. The molecule has 3 atom stereocenters. The lowest BCUT2D eigenvalue weighted by Crippen LogP contribution is -2.57. The summed E-state index contributed by atoms with van der Waals surface area (Å²) < 4.78 is 18.9. The van der Waals surface area contributed by atoms with Crippen molar-refractivity contribution in [3.8, 4) is 6.07 Å². The first-order chi connectivity index (χ1) is 11.2. The highest BCUT2D eigenvalue weighted by Gasteiger charge is 2.49. The van der Waals surface area contributed by atoms with Crippen LogP contribution >= 0.6 is 0 Å². The fourth-order valence-electron chi connectivity index (χ4n) is 2.68. The van der Waals surface area contributed by atoms with Crippen LogP contribution in [0.3, 0.4) is 0 Å². The summed E-state index contributed by atoms with van der Waals surface area (Å²) in [6.07, 6.45) is -3.56. The number of benzene rings is 1. The van der Waals surface area contributed by atoms with E-state index in [2.05, 4.69) is 4.74 Å². The second-order valence-corrected chi connectivity index (χ2v) is 5.43. The third-order valence-electron chi connectivity index (χ3n) is 3.81. The number of halogens is 1. The summed E-state index contributed by atoms with van der Waals surface area (Å²) in [5.41, 5.74) is 3.70. The summed E-state index contributed by atoms with van der Waals surface area (Å²) in [6, 6.07) is 5.00. The number of ketones is 1. The van der Waals surface area contributed by atoms with E-state index < -0.39 is 47.7 Å². The van der Waals surface area contributed by atoms with Crippen molar-refractivity contribution in [2.24, 2.45) is 5.73 Å². The molecule has 1 aromatic rings. The van der Waals surface area contributed by atoms with E-state index >= 15 is 0 Å². The number of hydrogen-bond donors (Lipinski definition) is 3. The van der Waals surface area contributed by atoms with Gasteiger partial charge in [0.05, 0.1) is 11.6 Å². The number of nitrogens with two attached hydrogens (primary N) is 1. The highest BCUT2D eigenvalue weighted by molar-refractivity contribution is 6.28. The topological polar surface area (TPSA) is 151 Å². The lowest BCUT2D eigenvalue weighted by molar-refractivity contribution is -0.171. The van der Waals surface area contributed by atoms with Gasteiger partial charge in [0.1, 0.15) is 23.6 Å². The standard InChI is InChI=1S/C15H13FN2O6/c16-10-3-7(6-17)1-2-9(10)15(18)5-8(4-11(19)12(15)20)24-14(23)13(21)22/h1-3,8,11,19H,4-5,18H2,(H,21,22). The van der Waals surface area contributed by atoms with Crippen LogP contribution in [0, 0.1) is 17.1 Å². The molecular formula is C15H13FN2O6. The van der Waals surface area contributed by atoms with Crippen LogP contribution in [0.15, 0.2) is 18.2 Å². The number of nitrogens with zero attached hydrogens (tertiary/aromatic N) is 1. The molecule has 1 fully saturated rings. The van der Waals surface area contributed by atoms with Crippen LogP contribution < -0.4 is 5.73 Å². The van der Waals surface area contributed by atoms with Gasteiger partial charge in [-0.3, -0.25) is 4.79 Å². The predicted molar refractivity (Wildman–Crippen MR) is 74.7 cm³/mol. The minimum atomic E-state index is -2.01. The van der Waals surface area contributed by atoms with Crippen molar-refractivity contribution in [3.05, 3.63) is 35.1 Å². The van der Waals surface area contributed by atoms with Gasteiger partial charge in [-0.25, -0.2) is 14.0 Å². The molecule has 0 radical (unpaired) electrons. The third-order valence-corrected chi connectivity index (χ3v) is 3.81. The molecule has 0 heterocycles. The van der Waals surface area contributed by atoms with Gasteiger partial charge in [0.15, 0.2) is 5.78 Å². The zero-order chi connectivity index (χ0) is 18.1. The van der Waals surface area contributed by atoms with Crippen molar-refractivity contribution < 1.29 is 33.7 Å². The van der Waals surface area contributed by atoms with E-state index in [0.29, 0.717) is 0 Å². The van der Waals surface area contributed by atoms with E-state index in [1.54, 1.807) is 6.07 Å². The number of aliphatic hydroxyl groups excluding tert-OH is 1. The SMILES string of the molecule is N#Cc1ccc(C2(N)CC(OC(=O)C(=O)O)CC(O)C2=O)c(F)c1. The average molecular weight is 336 g/mol. The number of nitriles is 1. The van der Waals surface area contributed by atoms with Gasteiger partial charge in [0.25, 0.3) is 0 Å². The molecule has 1 aliphatic carbocycles. The van der Waals surface area contributed by atoms with E-state index in [4.69, 9.17) is 16.1 Å². The smallest absolute Gasteiger partial charge is 0.417 e. The molecule has 9 heteroatoms. The van der Waals surface area contributed by atoms with Gasteiger partial charge in [-0.1, -0.05) is 6.07 Å². The fourth-order valence-corrected chi connectivity index (χ4v) is 2.68. The summed E-state index contributed by atoms with van der Waals surface area (Å²) in [5.74, 6) is -5.21. The molecule has 0 amide bonds. The Labute approximate surface area is 135 Å². The number of aliphatic carboxylic acids is 1. The van der Waals surface area contributed by atoms with E-state index in [1.165, 1.54) is 6.07 Å². The zero-order valence-corrected chi connectivity index (χ0v) is 12.2. The Bertz CT molecular complexity index is 759. The number of rotatable bonds is 2. The molecule has 24 heavy (non-hydrogen) atoms. The molecule has 0 spiro atoms. The summed E-state index contributed by atoms with van der Waals surface area (Å²) in [7, 11) is 0. The molecule has 0 aromatic heterocycles. The third kappa shape index (κ3) is 3.10. The van der Waals surface area contributed by atoms with Crippen LogP contribution in [0.5, 0.6) is 0 Å². The quantitative estimate of drug-likeness (QED) is 0.486. The average Bonchev–Trinajstić information content (AvgIpc) is 2.52. The molecule has 3 unspecified atom stereocenters. The maximum absolute atomic E-state index is 14.2. The number of hydrogen-bond acceptors (Lipinski definition) is 7. The number of carbonyl (C=O) groups is 3. The highest BCUT2D eigenvalue weighted by atomic mass is 19.1. The molecule has 0 aliphatic heterocycles. The number of Topliss-reactive ketones (excluding diaryl/α,β-unsaturated/α-hetero) is 1. The molecule has 126 valence electrons. The Kier molecular flexibility index (Phi) is 4.64.